The van der Waals surface area contributed by atoms with Crippen molar-refractivity contribution in [2.75, 3.05) is 26.7 Å². The number of hydrogen-bond acceptors (Lipinski definition) is 2. The van der Waals surface area contributed by atoms with Crippen molar-refractivity contribution in [3.63, 3.8) is 0 Å². The summed E-state index contributed by atoms with van der Waals surface area (Å²) in [4.78, 5) is 14.4. The molecule has 3 nitrogen and oxygen atoms in total. The third kappa shape index (κ3) is 3.24. The number of carbonyl (C=O) groups is 1. The van der Waals surface area contributed by atoms with Crippen LogP contribution in [0, 0.1) is 0 Å². The summed E-state index contributed by atoms with van der Waals surface area (Å²) in [7, 11) is 1.69. The maximum atomic E-state index is 12.0. The molecule has 0 aliphatic carbocycles. The minimum atomic E-state index is -0.106. The van der Waals surface area contributed by atoms with E-state index in [0.717, 1.165) is 25.2 Å². The summed E-state index contributed by atoms with van der Waals surface area (Å²) in [6.07, 6.45) is 2.47. The Hall–Kier alpha value is -1.06. The highest BCUT2D eigenvalue weighted by Gasteiger charge is 2.24. The van der Waals surface area contributed by atoms with E-state index >= 15 is 0 Å². The van der Waals surface area contributed by atoms with Gasteiger partial charge in [-0.2, -0.15) is 0 Å². The van der Waals surface area contributed by atoms with Gasteiger partial charge in [-0.25, -0.2) is 0 Å². The summed E-state index contributed by atoms with van der Waals surface area (Å²) in [6, 6.07) is 7.57. The number of amides is 1. The van der Waals surface area contributed by atoms with Crippen molar-refractivity contribution in [3.05, 3.63) is 34.9 Å². The van der Waals surface area contributed by atoms with E-state index < -0.39 is 0 Å². The Kier molecular flexibility index (Phi) is 4.61. The van der Waals surface area contributed by atoms with Crippen LogP contribution in [-0.4, -0.2) is 37.5 Å². The van der Waals surface area contributed by atoms with E-state index in [1.165, 1.54) is 12.8 Å². The molecule has 1 N–H and O–H groups in total. The van der Waals surface area contributed by atoms with Gasteiger partial charge >= 0.3 is 0 Å². The van der Waals surface area contributed by atoms with Gasteiger partial charge in [-0.1, -0.05) is 23.7 Å². The number of likely N-dealkylation sites (N-methyl/N-ethyl adjacent to an activating group) is 1. The number of nitrogens with one attached hydrogen (secondary N) is 1. The molecule has 1 aliphatic heterocycles. The Morgan fingerprint density at radius 1 is 1.33 bits per heavy atom. The highest BCUT2D eigenvalue weighted by molar-refractivity contribution is 6.30. The summed E-state index contributed by atoms with van der Waals surface area (Å²) in [5.41, 5.74) is 1.03. The lowest BCUT2D eigenvalue weighted by atomic mass is 9.97. The molecule has 0 radical (unpaired) electrons. The standard InChI is InChI=1S/C14H19ClN2O/c1-16-14(18)13(10-17-8-2-3-9-17)11-4-6-12(15)7-5-11/h4-7,13H,2-3,8-10H2,1H3,(H,16,18). The van der Waals surface area contributed by atoms with Gasteiger partial charge in [0.25, 0.3) is 0 Å². The second kappa shape index (κ2) is 6.21. The molecule has 2 rings (SSSR count). The van der Waals surface area contributed by atoms with E-state index in [0.29, 0.717) is 5.02 Å². The van der Waals surface area contributed by atoms with Gasteiger partial charge in [0.2, 0.25) is 5.91 Å². The molecule has 1 atom stereocenters. The van der Waals surface area contributed by atoms with Crippen molar-refractivity contribution in [2.24, 2.45) is 0 Å². The molecule has 0 saturated carbocycles. The Morgan fingerprint density at radius 2 is 1.94 bits per heavy atom. The zero-order valence-electron chi connectivity index (χ0n) is 10.7. The van der Waals surface area contributed by atoms with Gasteiger partial charge in [-0.15, -0.1) is 0 Å². The van der Waals surface area contributed by atoms with E-state index in [4.69, 9.17) is 11.6 Å². The highest BCUT2D eigenvalue weighted by atomic mass is 35.5. The van der Waals surface area contributed by atoms with Crippen LogP contribution in [0.25, 0.3) is 0 Å². The van der Waals surface area contributed by atoms with Crippen molar-refractivity contribution in [3.8, 4) is 0 Å². The fraction of sp³-hybridized carbons (Fsp3) is 0.500. The number of rotatable bonds is 4. The molecule has 1 unspecified atom stereocenters. The summed E-state index contributed by atoms with van der Waals surface area (Å²) in [5.74, 6) is -0.0328. The van der Waals surface area contributed by atoms with Gasteiger partial charge in [0.1, 0.15) is 0 Å². The van der Waals surface area contributed by atoms with Crippen molar-refractivity contribution >= 4 is 17.5 Å². The Morgan fingerprint density at radius 3 is 2.50 bits per heavy atom. The Balaban J connectivity index is 2.13. The first-order valence-corrected chi connectivity index (χ1v) is 6.78. The molecule has 4 heteroatoms. The fourth-order valence-electron chi connectivity index (χ4n) is 2.43. The molecular formula is C14H19ClN2O. The zero-order chi connectivity index (χ0) is 13.0. The summed E-state index contributed by atoms with van der Waals surface area (Å²) in [6.45, 7) is 2.99. The lowest BCUT2D eigenvalue weighted by Crippen LogP contribution is -2.35. The second-order valence-electron chi connectivity index (χ2n) is 4.73. The van der Waals surface area contributed by atoms with Crippen molar-refractivity contribution < 1.29 is 4.79 Å². The first-order valence-electron chi connectivity index (χ1n) is 6.40. The monoisotopic (exact) mass is 266 g/mol. The van der Waals surface area contributed by atoms with Crippen LogP contribution in [0.1, 0.15) is 24.3 Å². The number of carbonyl (C=O) groups excluding carboxylic acids is 1. The number of nitrogens with zero attached hydrogens (tertiary/aromatic N) is 1. The normalized spacial score (nSPS) is 17.7. The third-order valence-corrected chi connectivity index (χ3v) is 3.73. The van der Waals surface area contributed by atoms with Gasteiger partial charge < -0.3 is 10.2 Å². The van der Waals surface area contributed by atoms with Crippen LogP contribution in [0.5, 0.6) is 0 Å². The molecule has 1 saturated heterocycles. The van der Waals surface area contributed by atoms with E-state index in [1.54, 1.807) is 7.05 Å². The maximum absolute atomic E-state index is 12.0. The minimum Gasteiger partial charge on any atom is -0.359 e. The summed E-state index contributed by atoms with van der Waals surface area (Å²) in [5, 5.41) is 3.46. The van der Waals surface area contributed by atoms with Gasteiger partial charge in [0, 0.05) is 18.6 Å². The smallest absolute Gasteiger partial charge is 0.228 e. The van der Waals surface area contributed by atoms with Crippen LogP contribution in [0.3, 0.4) is 0 Å². The molecular weight excluding hydrogens is 248 g/mol. The van der Waals surface area contributed by atoms with Crippen LogP contribution < -0.4 is 5.32 Å². The van der Waals surface area contributed by atoms with E-state index in [9.17, 15) is 4.79 Å². The molecule has 1 aliphatic rings. The van der Waals surface area contributed by atoms with Crippen LogP contribution in [0.4, 0.5) is 0 Å². The Bertz CT molecular complexity index is 399. The molecule has 18 heavy (non-hydrogen) atoms. The predicted molar refractivity (Wildman–Crippen MR) is 73.9 cm³/mol. The lowest BCUT2D eigenvalue weighted by Gasteiger charge is -2.22. The largest absolute Gasteiger partial charge is 0.359 e. The number of benzene rings is 1. The molecule has 1 heterocycles. The number of likely N-dealkylation sites (tertiary alicyclic amines) is 1. The zero-order valence-corrected chi connectivity index (χ0v) is 11.4. The van der Waals surface area contributed by atoms with Crippen LogP contribution in [0.15, 0.2) is 24.3 Å². The second-order valence-corrected chi connectivity index (χ2v) is 5.16. The first kappa shape index (κ1) is 13.4. The van der Waals surface area contributed by atoms with Crippen LogP contribution in [-0.2, 0) is 4.79 Å². The molecule has 0 bridgehead atoms. The Labute approximate surface area is 113 Å². The number of hydrogen-bond donors (Lipinski definition) is 1. The summed E-state index contributed by atoms with van der Waals surface area (Å²) >= 11 is 5.89. The summed E-state index contributed by atoms with van der Waals surface area (Å²) < 4.78 is 0. The fourth-order valence-corrected chi connectivity index (χ4v) is 2.56. The van der Waals surface area contributed by atoms with E-state index in [1.807, 2.05) is 24.3 Å². The van der Waals surface area contributed by atoms with E-state index in [-0.39, 0.29) is 11.8 Å². The third-order valence-electron chi connectivity index (χ3n) is 3.47. The molecule has 0 aromatic heterocycles. The highest BCUT2D eigenvalue weighted by Crippen LogP contribution is 2.22. The van der Waals surface area contributed by atoms with Gasteiger partial charge in [-0.05, 0) is 43.6 Å². The van der Waals surface area contributed by atoms with E-state index in [2.05, 4.69) is 10.2 Å². The van der Waals surface area contributed by atoms with Crippen molar-refractivity contribution in [2.45, 2.75) is 18.8 Å². The molecule has 1 aromatic rings. The number of halogens is 1. The lowest BCUT2D eigenvalue weighted by molar-refractivity contribution is -0.122. The molecule has 1 fully saturated rings. The average molecular weight is 267 g/mol. The topological polar surface area (TPSA) is 32.3 Å². The maximum Gasteiger partial charge on any atom is 0.228 e. The molecule has 1 aromatic carbocycles. The molecule has 0 spiro atoms. The SMILES string of the molecule is CNC(=O)C(CN1CCCC1)c1ccc(Cl)cc1. The quantitative estimate of drug-likeness (QED) is 0.907. The average Bonchev–Trinajstić information content (AvgIpc) is 2.89. The van der Waals surface area contributed by atoms with Crippen molar-refractivity contribution in [1.29, 1.82) is 0 Å². The van der Waals surface area contributed by atoms with Crippen molar-refractivity contribution in [1.82, 2.24) is 10.2 Å². The molecule has 1 amide bonds. The molecule has 98 valence electrons. The predicted octanol–water partition coefficient (Wildman–Crippen LogP) is 2.27. The van der Waals surface area contributed by atoms with Gasteiger partial charge in [0.05, 0.1) is 5.92 Å². The van der Waals surface area contributed by atoms with Gasteiger partial charge in [0.15, 0.2) is 0 Å². The first-order chi connectivity index (χ1) is 8.70. The van der Waals surface area contributed by atoms with Crippen LogP contribution >= 0.6 is 11.6 Å². The van der Waals surface area contributed by atoms with Crippen LogP contribution in [0.2, 0.25) is 5.02 Å². The minimum absolute atomic E-state index is 0.0734. The van der Waals surface area contributed by atoms with Gasteiger partial charge in [-0.3, -0.25) is 4.79 Å².